The fraction of sp³-hybridized carbons (Fsp3) is 0.143. The summed E-state index contributed by atoms with van der Waals surface area (Å²) in [4.78, 5) is 39.8. The number of amides is 1. The highest BCUT2D eigenvalue weighted by molar-refractivity contribution is 6.33. The number of hydrogen-bond donors (Lipinski definition) is 1. The van der Waals surface area contributed by atoms with E-state index in [4.69, 9.17) is 11.6 Å². The number of nitrogens with one attached hydrogen (secondary N) is 1. The van der Waals surface area contributed by atoms with E-state index in [0.717, 1.165) is 6.07 Å². The Morgan fingerprint density at radius 3 is 2.79 bits per heavy atom. The Morgan fingerprint density at radius 2 is 2.03 bits per heavy atom. The van der Waals surface area contributed by atoms with Gasteiger partial charge < -0.3 is 5.32 Å². The van der Waals surface area contributed by atoms with E-state index in [1.807, 2.05) is 0 Å². The first-order valence-electron chi connectivity index (χ1n) is 9.71. The van der Waals surface area contributed by atoms with Crippen LogP contribution in [0.15, 0.2) is 59.8 Å². The van der Waals surface area contributed by atoms with E-state index < -0.39 is 16.6 Å². The van der Waals surface area contributed by atoms with E-state index in [0.29, 0.717) is 11.2 Å². The highest BCUT2D eigenvalue weighted by Gasteiger charge is 2.16. The average molecular weight is 471 g/mol. The molecule has 10 nitrogen and oxygen atoms in total. The lowest BCUT2D eigenvalue weighted by Crippen LogP contribution is -2.28. The van der Waals surface area contributed by atoms with E-state index in [1.54, 1.807) is 12.1 Å². The first kappa shape index (κ1) is 22.1. The summed E-state index contributed by atoms with van der Waals surface area (Å²) in [6.07, 6.45) is 2.70. The van der Waals surface area contributed by atoms with Crippen LogP contribution in [0.5, 0.6) is 0 Å². The molecule has 4 aromatic rings. The second kappa shape index (κ2) is 9.17. The predicted octanol–water partition coefficient (Wildman–Crippen LogP) is 2.77. The first-order valence-corrected chi connectivity index (χ1v) is 10.1. The number of rotatable bonds is 7. The number of nitrogens with zero attached hydrogens (tertiary/aromatic N) is 5. The Bertz CT molecular complexity index is 1410. The molecule has 0 bridgehead atoms. The van der Waals surface area contributed by atoms with Crippen molar-refractivity contribution in [2.75, 3.05) is 6.54 Å². The van der Waals surface area contributed by atoms with Gasteiger partial charge in [-0.2, -0.15) is 5.10 Å². The largest absolute Gasteiger partial charge is 0.350 e. The predicted molar refractivity (Wildman–Crippen MR) is 118 cm³/mol. The summed E-state index contributed by atoms with van der Waals surface area (Å²) < 4.78 is 16.6. The van der Waals surface area contributed by atoms with Crippen molar-refractivity contribution in [1.29, 1.82) is 0 Å². The zero-order chi connectivity index (χ0) is 23.5. The maximum absolute atomic E-state index is 13.9. The monoisotopic (exact) mass is 470 g/mol. The number of carbonyl (C=O) groups excluding carboxylic acids is 1. The Kier molecular flexibility index (Phi) is 6.13. The van der Waals surface area contributed by atoms with E-state index in [1.165, 1.54) is 46.0 Å². The molecule has 2 aromatic heterocycles. The minimum Gasteiger partial charge on any atom is -0.350 e. The molecule has 0 fully saturated rings. The lowest BCUT2D eigenvalue weighted by atomic mass is 10.2. The number of nitro groups is 1. The molecule has 0 saturated carbocycles. The van der Waals surface area contributed by atoms with Crippen LogP contribution in [0.3, 0.4) is 0 Å². The normalized spacial score (nSPS) is 11.0. The quantitative estimate of drug-likeness (QED) is 0.327. The lowest BCUT2D eigenvalue weighted by molar-refractivity contribution is -0.384. The summed E-state index contributed by atoms with van der Waals surface area (Å²) in [5, 5.41) is 17.9. The van der Waals surface area contributed by atoms with Gasteiger partial charge in [-0.05, 0) is 17.7 Å². The summed E-state index contributed by atoms with van der Waals surface area (Å²) in [5.41, 5.74) is 0.218. The molecule has 12 heteroatoms. The van der Waals surface area contributed by atoms with Crippen molar-refractivity contribution in [1.82, 2.24) is 24.6 Å². The summed E-state index contributed by atoms with van der Waals surface area (Å²) in [5.74, 6) is -1.39. The molecule has 1 amide bonds. The van der Waals surface area contributed by atoms with Crippen molar-refractivity contribution in [2.24, 2.45) is 0 Å². The maximum atomic E-state index is 13.9. The van der Waals surface area contributed by atoms with Crippen LogP contribution in [0, 0.1) is 15.9 Å². The third kappa shape index (κ3) is 4.58. The van der Waals surface area contributed by atoms with Gasteiger partial charge in [0.05, 0.1) is 34.8 Å². The van der Waals surface area contributed by atoms with Gasteiger partial charge in [-0.15, -0.1) is 0 Å². The minimum atomic E-state index is -0.726. The molecule has 2 aromatic carbocycles. The average Bonchev–Trinajstić information content (AvgIpc) is 3.19. The molecular formula is C21H16ClFN6O4. The molecule has 0 spiro atoms. The molecule has 0 aliphatic carbocycles. The molecule has 0 atom stereocenters. The van der Waals surface area contributed by atoms with Crippen LogP contribution in [0.25, 0.3) is 11.0 Å². The van der Waals surface area contributed by atoms with Crippen LogP contribution in [-0.4, -0.2) is 36.7 Å². The fourth-order valence-corrected chi connectivity index (χ4v) is 3.57. The van der Waals surface area contributed by atoms with Crippen molar-refractivity contribution < 1.29 is 14.1 Å². The summed E-state index contributed by atoms with van der Waals surface area (Å²) in [7, 11) is 0. The Hall–Kier alpha value is -4.12. The second-order valence-corrected chi connectivity index (χ2v) is 7.47. The summed E-state index contributed by atoms with van der Waals surface area (Å²) >= 11 is 5.90. The standard InChI is InChI=1S/C21H16ClFN6O4/c22-16-5-2-6-17(23)18(16)20(30)24-7-8-28-19-15(10-26-28)21(31)27(12-25-19)11-13-3-1-4-14(9-13)29(32)33/h1-6,9-10,12H,7-8,11H2,(H,24,30). The third-order valence-electron chi connectivity index (χ3n) is 4.90. The Balaban J connectivity index is 1.48. The highest BCUT2D eigenvalue weighted by atomic mass is 35.5. The van der Waals surface area contributed by atoms with Crippen molar-refractivity contribution in [2.45, 2.75) is 13.1 Å². The number of fused-ring (bicyclic) bond motifs is 1. The number of benzene rings is 2. The van der Waals surface area contributed by atoms with Gasteiger partial charge in [0.2, 0.25) is 0 Å². The second-order valence-electron chi connectivity index (χ2n) is 7.06. The van der Waals surface area contributed by atoms with Gasteiger partial charge in [0, 0.05) is 18.7 Å². The molecule has 168 valence electrons. The van der Waals surface area contributed by atoms with E-state index in [-0.39, 0.29) is 46.9 Å². The SMILES string of the molecule is O=C(NCCn1ncc2c(=O)n(Cc3cccc([N+](=O)[O-])c3)cnc21)c1c(F)cccc1Cl. The minimum absolute atomic E-state index is 0.00278. The van der Waals surface area contributed by atoms with Gasteiger partial charge in [-0.25, -0.2) is 14.1 Å². The Morgan fingerprint density at radius 1 is 1.24 bits per heavy atom. The first-order chi connectivity index (χ1) is 15.8. The molecule has 0 aliphatic heterocycles. The zero-order valence-corrected chi connectivity index (χ0v) is 17.7. The summed E-state index contributed by atoms with van der Waals surface area (Å²) in [6, 6.07) is 9.96. The van der Waals surface area contributed by atoms with E-state index in [2.05, 4.69) is 15.4 Å². The van der Waals surface area contributed by atoms with Gasteiger partial charge >= 0.3 is 0 Å². The molecule has 4 rings (SSSR count). The van der Waals surface area contributed by atoms with Crippen molar-refractivity contribution in [3.05, 3.63) is 97.4 Å². The highest BCUT2D eigenvalue weighted by Crippen LogP contribution is 2.18. The molecular weight excluding hydrogens is 455 g/mol. The maximum Gasteiger partial charge on any atom is 0.269 e. The molecule has 1 N–H and O–H groups in total. The molecule has 0 unspecified atom stereocenters. The smallest absolute Gasteiger partial charge is 0.269 e. The number of non-ortho nitro benzene ring substituents is 1. The zero-order valence-electron chi connectivity index (χ0n) is 16.9. The summed E-state index contributed by atoms with van der Waals surface area (Å²) in [6.45, 7) is 0.384. The number of hydrogen-bond acceptors (Lipinski definition) is 6. The van der Waals surface area contributed by atoms with Crippen LogP contribution in [-0.2, 0) is 13.1 Å². The third-order valence-corrected chi connectivity index (χ3v) is 5.21. The van der Waals surface area contributed by atoms with Gasteiger partial charge in [0.15, 0.2) is 5.65 Å². The van der Waals surface area contributed by atoms with E-state index >= 15 is 0 Å². The van der Waals surface area contributed by atoms with Crippen LogP contribution in [0.4, 0.5) is 10.1 Å². The van der Waals surface area contributed by atoms with Crippen LogP contribution < -0.4 is 10.9 Å². The number of aromatic nitrogens is 4. The van der Waals surface area contributed by atoms with Gasteiger partial charge in [-0.3, -0.25) is 24.3 Å². The lowest BCUT2D eigenvalue weighted by Gasteiger charge is -2.09. The van der Waals surface area contributed by atoms with Crippen LogP contribution >= 0.6 is 11.6 Å². The molecule has 0 aliphatic rings. The molecule has 33 heavy (non-hydrogen) atoms. The van der Waals surface area contributed by atoms with E-state index in [9.17, 15) is 24.1 Å². The Labute approximate surface area is 190 Å². The molecule has 2 heterocycles. The van der Waals surface area contributed by atoms with Crippen molar-refractivity contribution in [3.63, 3.8) is 0 Å². The fourth-order valence-electron chi connectivity index (χ4n) is 3.32. The topological polar surface area (TPSA) is 125 Å². The van der Waals surface area contributed by atoms with Crippen LogP contribution in [0.2, 0.25) is 5.02 Å². The number of carbonyl (C=O) groups is 1. The molecule has 0 saturated heterocycles. The number of nitro benzene ring substituents is 1. The van der Waals surface area contributed by atoms with Crippen LogP contribution in [0.1, 0.15) is 15.9 Å². The van der Waals surface area contributed by atoms with Crippen molar-refractivity contribution in [3.8, 4) is 0 Å². The van der Waals surface area contributed by atoms with Gasteiger partial charge in [0.1, 0.15) is 17.5 Å². The number of halogens is 2. The van der Waals surface area contributed by atoms with Gasteiger partial charge in [0.25, 0.3) is 17.2 Å². The molecule has 0 radical (unpaired) electrons. The van der Waals surface area contributed by atoms with Crippen molar-refractivity contribution >= 4 is 34.2 Å². The van der Waals surface area contributed by atoms with Gasteiger partial charge in [-0.1, -0.05) is 29.8 Å².